The van der Waals surface area contributed by atoms with E-state index in [4.69, 9.17) is 17.0 Å². The van der Waals surface area contributed by atoms with Crippen molar-refractivity contribution in [3.8, 4) is 11.1 Å². The van der Waals surface area contributed by atoms with Gasteiger partial charge in [-0.3, -0.25) is 0 Å². The third-order valence-electron chi connectivity index (χ3n) is 4.44. The zero-order valence-electron chi connectivity index (χ0n) is 15.3. The molecule has 0 aliphatic heterocycles. The first-order valence-corrected chi connectivity index (χ1v) is 21.5. The summed E-state index contributed by atoms with van der Waals surface area (Å²) >= 11 is -0.826. The summed E-state index contributed by atoms with van der Waals surface area (Å²) in [6.45, 7) is 14.5. The molecular weight excluding hydrogens is 447 g/mol. The number of hydrogen-bond acceptors (Lipinski definition) is 0. The zero-order valence-corrected chi connectivity index (χ0v) is 21.3. The van der Waals surface area contributed by atoms with Gasteiger partial charge in [-0.1, -0.05) is 86.1 Å². The van der Waals surface area contributed by atoms with Crippen molar-refractivity contribution in [2.45, 2.75) is 39.3 Å². The predicted molar refractivity (Wildman–Crippen MR) is 112 cm³/mol. The molecule has 0 N–H and O–H groups in total. The minimum absolute atomic E-state index is 0.826. The van der Waals surface area contributed by atoms with Crippen LogP contribution in [0.5, 0.6) is 0 Å². The third kappa shape index (κ3) is 4.74. The Labute approximate surface area is 167 Å². The number of fused-ring (bicyclic) bond motifs is 3. The molecule has 0 bridgehead atoms. The van der Waals surface area contributed by atoms with Crippen LogP contribution < -0.4 is 10.4 Å². The molecule has 0 saturated heterocycles. The van der Waals surface area contributed by atoms with Gasteiger partial charge >= 0.3 is 37.9 Å². The molecule has 2 aromatic rings. The molecule has 2 aromatic carbocycles. The first-order chi connectivity index (χ1) is 11.1. The van der Waals surface area contributed by atoms with E-state index in [0.29, 0.717) is 0 Å². The number of hydrogen-bond donors (Lipinski definition) is 0. The molecule has 0 unspecified atom stereocenters. The maximum absolute atomic E-state index is 4.93. The second kappa shape index (κ2) is 7.92. The molecule has 0 fully saturated rings. The molecule has 1 radical (unpaired) electrons. The van der Waals surface area contributed by atoms with Crippen molar-refractivity contribution in [3.05, 3.63) is 53.9 Å². The zero-order chi connectivity index (χ0) is 18.1. The van der Waals surface area contributed by atoms with Gasteiger partial charge in [0.25, 0.3) is 0 Å². The van der Waals surface area contributed by atoms with E-state index in [0.717, 1.165) is 0 Å². The van der Waals surface area contributed by atoms with Gasteiger partial charge in [-0.25, -0.2) is 0 Å². The maximum atomic E-state index is 4.93. The molecule has 24 heavy (non-hydrogen) atoms. The van der Waals surface area contributed by atoms with Gasteiger partial charge in [-0.15, -0.1) is 0 Å². The fraction of sp³-hybridized carbons (Fsp3) is 0.316. The fourth-order valence-electron chi connectivity index (χ4n) is 2.93. The summed E-state index contributed by atoms with van der Waals surface area (Å²) in [5.74, 6) is 0. The van der Waals surface area contributed by atoms with E-state index >= 15 is 0 Å². The molecule has 0 saturated carbocycles. The number of benzene rings is 2. The van der Waals surface area contributed by atoms with Gasteiger partial charge in [0.15, 0.2) is 0 Å². The van der Waals surface area contributed by atoms with E-state index in [2.05, 4.69) is 82.1 Å². The van der Waals surface area contributed by atoms with Crippen LogP contribution in [-0.2, 0) is 20.8 Å². The van der Waals surface area contributed by atoms with Crippen molar-refractivity contribution in [1.82, 2.24) is 0 Å². The van der Waals surface area contributed by atoms with Crippen LogP contribution in [0.25, 0.3) is 11.1 Å². The van der Waals surface area contributed by atoms with Crippen LogP contribution >= 0.6 is 17.0 Å². The van der Waals surface area contributed by atoms with Crippen LogP contribution in [0.2, 0.25) is 39.3 Å². The molecular formula is C19H25Cl2Si2Zr. The minimum atomic E-state index is -1.25. The second-order valence-electron chi connectivity index (χ2n) is 8.32. The van der Waals surface area contributed by atoms with E-state index in [1.807, 2.05) is 0 Å². The summed E-state index contributed by atoms with van der Waals surface area (Å²) in [5, 5.41) is 3.11. The normalized spacial score (nSPS) is 12.8. The van der Waals surface area contributed by atoms with E-state index in [1.54, 1.807) is 10.4 Å². The van der Waals surface area contributed by atoms with E-state index in [-0.39, 0.29) is 0 Å². The van der Waals surface area contributed by atoms with Gasteiger partial charge in [-0.2, -0.15) is 0 Å². The first kappa shape index (κ1) is 20.6. The summed E-state index contributed by atoms with van der Waals surface area (Å²) < 4.78 is 0. The molecule has 1 aliphatic rings. The molecule has 1 aliphatic carbocycles. The van der Waals surface area contributed by atoms with Gasteiger partial charge in [0.05, 0.1) is 16.1 Å². The van der Waals surface area contributed by atoms with Crippen molar-refractivity contribution in [2.75, 3.05) is 0 Å². The van der Waals surface area contributed by atoms with Crippen molar-refractivity contribution >= 4 is 43.5 Å². The third-order valence-corrected chi connectivity index (χ3v) is 8.53. The van der Waals surface area contributed by atoms with Gasteiger partial charge < -0.3 is 0 Å². The molecule has 0 amide bonds. The average Bonchev–Trinajstić information content (AvgIpc) is 2.83. The molecule has 0 spiro atoms. The summed E-state index contributed by atoms with van der Waals surface area (Å²) in [6, 6.07) is 14.2. The molecule has 0 aromatic heterocycles. The Balaban J connectivity index is 0.000000647. The van der Waals surface area contributed by atoms with Crippen LogP contribution in [0, 0.1) is 6.42 Å². The molecule has 127 valence electrons. The Morgan fingerprint density at radius 2 is 1.00 bits per heavy atom. The molecule has 0 nitrogen and oxygen atoms in total. The predicted octanol–water partition coefficient (Wildman–Crippen LogP) is 5.73. The van der Waals surface area contributed by atoms with Crippen molar-refractivity contribution in [3.63, 3.8) is 0 Å². The number of rotatable bonds is 2. The van der Waals surface area contributed by atoms with Crippen LogP contribution in [0.15, 0.2) is 36.4 Å². The molecule has 0 heterocycles. The summed E-state index contributed by atoms with van der Waals surface area (Å²) in [6.07, 6.45) is 2.34. The van der Waals surface area contributed by atoms with E-state index in [9.17, 15) is 0 Å². The fourth-order valence-corrected chi connectivity index (χ4v) is 5.25. The monoisotopic (exact) mass is 469 g/mol. The van der Waals surface area contributed by atoms with Gasteiger partial charge in [0.2, 0.25) is 0 Å². The van der Waals surface area contributed by atoms with Crippen LogP contribution in [-0.4, -0.2) is 16.1 Å². The topological polar surface area (TPSA) is 0 Å². The van der Waals surface area contributed by atoms with Crippen LogP contribution in [0.3, 0.4) is 0 Å². The summed E-state index contributed by atoms with van der Waals surface area (Å²) in [4.78, 5) is 0. The average molecular weight is 472 g/mol. The standard InChI is InChI=1S/C19H25Si2.2ClH.Zr/c1-20(2,3)16-9-7-14-11-15-8-10-17(21(4,5)6)13-19(15)18(14)12-16;;;/h7-13H,1-6H3;2*1H;/q;;;+2/p-2. The van der Waals surface area contributed by atoms with Crippen molar-refractivity contribution in [2.24, 2.45) is 0 Å². The summed E-state index contributed by atoms with van der Waals surface area (Å²) in [5.41, 5.74) is 5.68. The molecule has 0 atom stereocenters. The summed E-state index contributed by atoms with van der Waals surface area (Å²) in [7, 11) is 7.36. The van der Waals surface area contributed by atoms with E-state index < -0.39 is 37.0 Å². The van der Waals surface area contributed by atoms with Gasteiger partial charge in [0.1, 0.15) is 0 Å². The Kier molecular flexibility index (Phi) is 6.82. The molecule has 5 heteroatoms. The second-order valence-corrected chi connectivity index (χ2v) is 22.2. The van der Waals surface area contributed by atoms with Gasteiger partial charge in [-0.05, 0) is 22.3 Å². The Morgan fingerprint density at radius 1 is 0.667 bits per heavy atom. The molecule has 3 rings (SSSR count). The Morgan fingerprint density at radius 3 is 1.29 bits per heavy atom. The number of halogens is 2. The SMILES string of the molecule is C[Si](C)(C)c1ccc2c(c1)-c1cc([Si](C)(C)C)ccc1[CH]2.[Cl][Zr][Cl]. The van der Waals surface area contributed by atoms with E-state index in [1.165, 1.54) is 22.3 Å². The van der Waals surface area contributed by atoms with Gasteiger partial charge in [0, 0.05) is 6.42 Å². The van der Waals surface area contributed by atoms with Crippen LogP contribution in [0.4, 0.5) is 0 Å². The Bertz CT molecular complexity index is 670. The van der Waals surface area contributed by atoms with Crippen molar-refractivity contribution in [1.29, 1.82) is 0 Å². The quantitative estimate of drug-likeness (QED) is 0.419. The first-order valence-electron chi connectivity index (χ1n) is 8.18. The van der Waals surface area contributed by atoms with Crippen molar-refractivity contribution < 1.29 is 20.8 Å². The van der Waals surface area contributed by atoms with Crippen LogP contribution in [0.1, 0.15) is 11.1 Å². The Hall–Kier alpha value is 0.337.